The van der Waals surface area contributed by atoms with E-state index >= 15 is 0 Å². The predicted octanol–water partition coefficient (Wildman–Crippen LogP) is 3.15. The molecular formula is C12H19ClN2. The molecule has 0 N–H and O–H groups in total. The molecule has 1 aromatic rings. The number of aryl methyl sites for hydroxylation is 2. The number of nitrogens with zero attached hydrogens (tertiary/aromatic N) is 2. The fraction of sp³-hybridized carbons (Fsp3) is 0.750. The van der Waals surface area contributed by atoms with Gasteiger partial charge in [0.2, 0.25) is 0 Å². The van der Waals surface area contributed by atoms with Crippen LogP contribution in [0.5, 0.6) is 0 Å². The first-order chi connectivity index (χ1) is 7.09. The van der Waals surface area contributed by atoms with E-state index in [0.717, 1.165) is 6.42 Å². The fourth-order valence-electron chi connectivity index (χ4n) is 2.52. The highest BCUT2D eigenvalue weighted by molar-refractivity contribution is 6.20. The van der Waals surface area contributed by atoms with Crippen molar-refractivity contribution in [3.05, 3.63) is 18.2 Å². The Labute approximate surface area is 96.7 Å². The second-order valence-corrected chi connectivity index (χ2v) is 5.72. The molecule has 1 aliphatic carbocycles. The summed E-state index contributed by atoms with van der Waals surface area (Å²) in [6.07, 6.45) is 9.78. The molecule has 2 unspecified atom stereocenters. The number of alkyl halides is 1. The zero-order valence-corrected chi connectivity index (χ0v) is 10.3. The summed E-state index contributed by atoms with van der Waals surface area (Å²) in [4.78, 5) is 4.36. The van der Waals surface area contributed by atoms with Crippen LogP contribution in [0.4, 0.5) is 0 Å². The maximum absolute atomic E-state index is 6.17. The standard InChI is InChI=1S/C12H19ClN2/c1-12(5-3-10(13)9-12)6-4-11-14-7-8-15(11)2/h7-8,10H,3-6,9H2,1-2H3. The molecule has 0 amide bonds. The molecule has 84 valence electrons. The monoisotopic (exact) mass is 226 g/mol. The molecule has 1 heterocycles. The van der Waals surface area contributed by atoms with Crippen molar-refractivity contribution < 1.29 is 0 Å². The van der Waals surface area contributed by atoms with Crippen molar-refractivity contribution in [1.29, 1.82) is 0 Å². The first kappa shape index (κ1) is 11.0. The minimum absolute atomic E-state index is 0.399. The quantitative estimate of drug-likeness (QED) is 0.724. The minimum Gasteiger partial charge on any atom is -0.338 e. The molecular weight excluding hydrogens is 208 g/mol. The highest BCUT2D eigenvalue weighted by Gasteiger charge is 2.33. The van der Waals surface area contributed by atoms with Crippen LogP contribution in [-0.4, -0.2) is 14.9 Å². The summed E-state index contributed by atoms with van der Waals surface area (Å²) in [6, 6.07) is 0. The summed E-state index contributed by atoms with van der Waals surface area (Å²) < 4.78 is 2.11. The molecule has 15 heavy (non-hydrogen) atoms. The number of aromatic nitrogens is 2. The summed E-state index contributed by atoms with van der Waals surface area (Å²) in [5, 5.41) is 0.399. The smallest absolute Gasteiger partial charge is 0.108 e. The number of hydrogen-bond donors (Lipinski definition) is 0. The molecule has 0 spiro atoms. The summed E-state index contributed by atoms with van der Waals surface area (Å²) in [5.41, 5.74) is 0.443. The van der Waals surface area contributed by atoms with Gasteiger partial charge in [0.15, 0.2) is 0 Å². The van der Waals surface area contributed by atoms with Crippen molar-refractivity contribution in [2.75, 3.05) is 0 Å². The molecule has 3 heteroatoms. The molecule has 0 radical (unpaired) electrons. The Morgan fingerprint density at radius 3 is 3.00 bits per heavy atom. The molecule has 1 saturated carbocycles. The Bertz CT molecular complexity index is 334. The molecule has 0 aromatic carbocycles. The third kappa shape index (κ3) is 2.54. The van der Waals surface area contributed by atoms with Gasteiger partial charge in [0.05, 0.1) is 0 Å². The van der Waals surface area contributed by atoms with Gasteiger partial charge in [0.1, 0.15) is 5.82 Å². The predicted molar refractivity (Wildman–Crippen MR) is 63.1 cm³/mol. The van der Waals surface area contributed by atoms with Gasteiger partial charge in [0.25, 0.3) is 0 Å². The Morgan fingerprint density at radius 2 is 2.47 bits per heavy atom. The van der Waals surface area contributed by atoms with Gasteiger partial charge in [-0.15, -0.1) is 11.6 Å². The molecule has 0 aliphatic heterocycles. The Hall–Kier alpha value is -0.500. The first-order valence-corrected chi connectivity index (χ1v) is 6.13. The topological polar surface area (TPSA) is 17.8 Å². The Kier molecular flexibility index (Phi) is 3.06. The van der Waals surface area contributed by atoms with Crippen LogP contribution < -0.4 is 0 Å². The zero-order chi connectivity index (χ0) is 10.9. The average Bonchev–Trinajstić information content (AvgIpc) is 2.71. The highest BCUT2D eigenvalue weighted by atomic mass is 35.5. The van der Waals surface area contributed by atoms with Crippen molar-refractivity contribution in [2.24, 2.45) is 12.5 Å². The van der Waals surface area contributed by atoms with Gasteiger partial charge in [-0.3, -0.25) is 0 Å². The number of rotatable bonds is 3. The molecule has 0 saturated heterocycles. The van der Waals surface area contributed by atoms with E-state index in [1.807, 2.05) is 12.4 Å². The average molecular weight is 227 g/mol. The number of imidazole rings is 1. The van der Waals surface area contributed by atoms with E-state index in [4.69, 9.17) is 11.6 Å². The van der Waals surface area contributed by atoms with Gasteiger partial charge in [-0.05, 0) is 31.1 Å². The summed E-state index contributed by atoms with van der Waals surface area (Å²) >= 11 is 6.17. The second kappa shape index (κ2) is 4.17. The van der Waals surface area contributed by atoms with Gasteiger partial charge in [-0.1, -0.05) is 6.92 Å². The molecule has 1 aliphatic rings. The lowest BCUT2D eigenvalue weighted by molar-refractivity contribution is 0.305. The molecule has 2 atom stereocenters. The number of halogens is 1. The normalized spacial score (nSPS) is 31.0. The summed E-state index contributed by atoms with van der Waals surface area (Å²) in [5.74, 6) is 1.19. The molecule has 0 bridgehead atoms. The van der Waals surface area contributed by atoms with Crippen LogP contribution >= 0.6 is 11.6 Å². The number of hydrogen-bond acceptors (Lipinski definition) is 1. The van der Waals surface area contributed by atoms with E-state index < -0.39 is 0 Å². The lowest BCUT2D eigenvalue weighted by atomic mass is 9.84. The van der Waals surface area contributed by atoms with Crippen LogP contribution in [0.3, 0.4) is 0 Å². The maximum atomic E-state index is 6.17. The lowest BCUT2D eigenvalue weighted by Crippen LogP contribution is -2.14. The van der Waals surface area contributed by atoms with Crippen molar-refractivity contribution in [3.63, 3.8) is 0 Å². The minimum atomic E-state index is 0.399. The maximum Gasteiger partial charge on any atom is 0.108 e. The van der Waals surface area contributed by atoms with Crippen LogP contribution in [0.25, 0.3) is 0 Å². The van der Waals surface area contributed by atoms with Gasteiger partial charge in [-0.25, -0.2) is 4.98 Å². The SMILES string of the molecule is Cn1ccnc1CCC1(C)CCC(Cl)C1. The van der Waals surface area contributed by atoms with Crippen molar-refractivity contribution in [3.8, 4) is 0 Å². The van der Waals surface area contributed by atoms with Gasteiger partial charge in [0, 0.05) is 31.2 Å². The molecule has 1 fully saturated rings. The van der Waals surface area contributed by atoms with E-state index in [1.165, 1.54) is 31.5 Å². The van der Waals surface area contributed by atoms with E-state index in [-0.39, 0.29) is 0 Å². The van der Waals surface area contributed by atoms with E-state index in [0.29, 0.717) is 10.8 Å². The molecule has 2 nitrogen and oxygen atoms in total. The van der Waals surface area contributed by atoms with Crippen molar-refractivity contribution in [2.45, 2.75) is 44.4 Å². The van der Waals surface area contributed by atoms with Gasteiger partial charge < -0.3 is 4.57 Å². The van der Waals surface area contributed by atoms with Crippen molar-refractivity contribution in [1.82, 2.24) is 9.55 Å². The van der Waals surface area contributed by atoms with E-state index in [9.17, 15) is 0 Å². The third-order valence-corrected chi connectivity index (χ3v) is 4.02. The van der Waals surface area contributed by atoms with Crippen LogP contribution in [0.2, 0.25) is 0 Å². The van der Waals surface area contributed by atoms with Gasteiger partial charge >= 0.3 is 0 Å². The van der Waals surface area contributed by atoms with Crippen LogP contribution in [0.15, 0.2) is 12.4 Å². The largest absolute Gasteiger partial charge is 0.338 e. The summed E-state index contributed by atoms with van der Waals surface area (Å²) in [7, 11) is 2.06. The fourth-order valence-corrected chi connectivity index (χ4v) is 3.00. The van der Waals surface area contributed by atoms with E-state index in [1.54, 1.807) is 0 Å². The summed E-state index contributed by atoms with van der Waals surface area (Å²) in [6.45, 7) is 2.36. The van der Waals surface area contributed by atoms with Crippen molar-refractivity contribution >= 4 is 11.6 Å². The highest BCUT2D eigenvalue weighted by Crippen LogP contribution is 2.43. The van der Waals surface area contributed by atoms with E-state index in [2.05, 4.69) is 23.5 Å². The zero-order valence-electron chi connectivity index (χ0n) is 9.54. The van der Waals surface area contributed by atoms with Crippen LogP contribution in [0.1, 0.15) is 38.4 Å². The molecule has 1 aromatic heterocycles. The lowest BCUT2D eigenvalue weighted by Gasteiger charge is -2.23. The van der Waals surface area contributed by atoms with Crippen LogP contribution in [-0.2, 0) is 13.5 Å². The molecule has 2 rings (SSSR count). The van der Waals surface area contributed by atoms with Gasteiger partial charge in [-0.2, -0.15) is 0 Å². The first-order valence-electron chi connectivity index (χ1n) is 5.69. The Balaban J connectivity index is 1.91. The third-order valence-electron chi connectivity index (χ3n) is 3.65. The van der Waals surface area contributed by atoms with Crippen LogP contribution in [0, 0.1) is 5.41 Å². The Morgan fingerprint density at radius 1 is 1.67 bits per heavy atom. The second-order valence-electron chi connectivity index (χ2n) is 5.11.